The summed E-state index contributed by atoms with van der Waals surface area (Å²) >= 11 is 1.38. The first-order valence-electron chi connectivity index (χ1n) is 10.2. The minimum Gasteiger partial charge on any atom is -0.507 e. The second-order valence-electron chi connectivity index (χ2n) is 8.03. The number of amides is 1. The number of hydrogen-bond acceptors (Lipinski definition) is 5. The molecule has 30 heavy (non-hydrogen) atoms. The molecule has 156 valence electrons. The fraction of sp³-hybridized carbons (Fsp3) is 0.348. The summed E-state index contributed by atoms with van der Waals surface area (Å²) in [6.45, 7) is 6.04. The van der Waals surface area contributed by atoms with Gasteiger partial charge in [-0.3, -0.25) is 9.36 Å². The van der Waals surface area contributed by atoms with E-state index in [1.807, 2.05) is 51.9 Å². The Labute approximate surface area is 180 Å². The van der Waals surface area contributed by atoms with Crippen molar-refractivity contribution in [2.75, 3.05) is 18.8 Å². The first-order chi connectivity index (χ1) is 14.5. The van der Waals surface area contributed by atoms with Gasteiger partial charge >= 0.3 is 0 Å². The Morgan fingerprint density at radius 2 is 1.70 bits per heavy atom. The smallest absolute Gasteiger partial charge is 0.233 e. The topological polar surface area (TPSA) is 71.2 Å². The molecule has 2 heterocycles. The van der Waals surface area contributed by atoms with E-state index in [9.17, 15) is 9.90 Å². The summed E-state index contributed by atoms with van der Waals surface area (Å²) in [7, 11) is 0. The van der Waals surface area contributed by atoms with Gasteiger partial charge in [0.25, 0.3) is 0 Å². The molecular weight excluding hydrogens is 396 g/mol. The Morgan fingerprint density at radius 1 is 1.03 bits per heavy atom. The minimum absolute atomic E-state index is 0.130. The Morgan fingerprint density at radius 3 is 2.40 bits per heavy atom. The quantitative estimate of drug-likeness (QED) is 0.623. The second-order valence-corrected chi connectivity index (χ2v) is 8.97. The first-order valence-corrected chi connectivity index (χ1v) is 11.2. The van der Waals surface area contributed by atoms with Crippen molar-refractivity contribution in [1.29, 1.82) is 0 Å². The molecule has 6 nitrogen and oxygen atoms in total. The van der Waals surface area contributed by atoms with Crippen LogP contribution in [0.25, 0.3) is 17.1 Å². The number of rotatable bonds is 5. The van der Waals surface area contributed by atoms with Gasteiger partial charge in [0.05, 0.1) is 11.3 Å². The van der Waals surface area contributed by atoms with Crippen LogP contribution in [0.4, 0.5) is 0 Å². The van der Waals surface area contributed by atoms with Crippen molar-refractivity contribution in [3.63, 3.8) is 0 Å². The van der Waals surface area contributed by atoms with Gasteiger partial charge < -0.3 is 10.0 Å². The zero-order valence-corrected chi connectivity index (χ0v) is 18.0. The third-order valence-electron chi connectivity index (χ3n) is 5.34. The van der Waals surface area contributed by atoms with Gasteiger partial charge in [0, 0.05) is 18.8 Å². The van der Waals surface area contributed by atoms with Crippen LogP contribution in [0.5, 0.6) is 5.75 Å². The highest BCUT2D eigenvalue weighted by Gasteiger charge is 2.26. The highest BCUT2D eigenvalue weighted by Crippen LogP contribution is 2.33. The fourth-order valence-corrected chi connectivity index (χ4v) is 4.95. The molecule has 0 saturated carbocycles. The van der Waals surface area contributed by atoms with Crippen molar-refractivity contribution >= 4 is 17.7 Å². The van der Waals surface area contributed by atoms with E-state index >= 15 is 0 Å². The Kier molecular flexibility index (Phi) is 6.08. The van der Waals surface area contributed by atoms with Crippen LogP contribution in [0.15, 0.2) is 59.8 Å². The molecule has 0 spiro atoms. The second kappa shape index (κ2) is 8.92. The normalized spacial score (nSPS) is 19.1. The zero-order chi connectivity index (χ0) is 21.1. The van der Waals surface area contributed by atoms with E-state index in [-0.39, 0.29) is 11.7 Å². The summed E-state index contributed by atoms with van der Waals surface area (Å²) in [5.41, 5.74) is 1.49. The number of para-hydroxylation sites is 2. The zero-order valence-electron chi connectivity index (χ0n) is 17.2. The average Bonchev–Trinajstić information content (AvgIpc) is 3.16. The number of thioether (sulfide) groups is 1. The summed E-state index contributed by atoms with van der Waals surface area (Å²) < 4.78 is 1.90. The number of likely N-dealkylation sites (tertiary alicyclic amines) is 1. The van der Waals surface area contributed by atoms with Crippen molar-refractivity contribution in [3.8, 4) is 22.8 Å². The molecule has 0 radical (unpaired) electrons. The molecule has 1 fully saturated rings. The fourth-order valence-electron chi connectivity index (χ4n) is 4.09. The van der Waals surface area contributed by atoms with Gasteiger partial charge in [-0.25, -0.2) is 0 Å². The number of nitrogens with zero attached hydrogens (tertiary/aromatic N) is 4. The lowest BCUT2D eigenvalue weighted by Gasteiger charge is -2.34. The van der Waals surface area contributed by atoms with Crippen LogP contribution in [-0.4, -0.2) is 49.5 Å². The van der Waals surface area contributed by atoms with E-state index in [2.05, 4.69) is 24.0 Å². The van der Waals surface area contributed by atoms with Crippen molar-refractivity contribution in [2.45, 2.75) is 25.4 Å². The van der Waals surface area contributed by atoms with E-state index in [1.165, 1.54) is 18.2 Å². The number of phenolic OH excluding ortho intramolecular Hbond substituents is 1. The van der Waals surface area contributed by atoms with Crippen molar-refractivity contribution < 1.29 is 9.90 Å². The predicted molar refractivity (Wildman–Crippen MR) is 119 cm³/mol. The Bertz CT molecular complexity index is 1010. The average molecular weight is 423 g/mol. The lowest BCUT2D eigenvalue weighted by atomic mass is 9.92. The van der Waals surface area contributed by atoms with E-state index in [4.69, 9.17) is 0 Å². The molecule has 0 bridgehead atoms. The molecule has 7 heteroatoms. The van der Waals surface area contributed by atoms with Crippen LogP contribution in [0.3, 0.4) is 0 Å². The minimum atomic E-state index is 0.130. The summed E-state index contributed by atoms with van der Waals surface area (Å²) in [5, 5.41) is 19.7. The van der Waals surface area contributed by atoms with E-state index in [0.717, 1.165) is 18.8 Å². The number of carbonyl (C=O) groups excluding carboxylic acids is 1. The largest absolute Gasteiger partial charge is 0.507 e. The maximum atomic E-state index is 12.8. The number of phenols is 1. The van der Waals surface area contributed by atoms with Gasteiger partial charge in [-0.1, -0.05) is 55.9 Å². The van der Waals surface area contributed by atoms with Gasteiger partial charge in [0.2, 0.25) is 5.91 Å². The molecular formula is C23H26N4O2S. The molecule has 2 atom stereocenters. The molecule has 4 rings (SSSR count). The standard InChI is InChI=1S/C23H26N4O2S/c1-16-12-17(2)14-26(13-16)21(29)15-30-23-25-24-22(19-10-6-7-11-20(19)28)27(23)18-8-4-3-5-9-18/h3-11,16-17,28H,12-15H2,1-2H3/t16-,17+. The molecule has 3 aromatic rings. The summed E-state index contributed by atoms with van der Waals surface area (Å²) in [5.74, 6) is 2.20. The number of piperidine rings is 1. The van der Waals surface area contributed by atoms with E-state index < -0.39 is 0 Å². The number of hydrogen-bond donors (Lipinski definition) is 1. The lowest BCUT2D eigenvalue weighted by molar-refractivity contribution is -0.130. The molecule has 1 aliphatic heterocycles. The first kappa shape index (κ1) is 20.5. The molecule has 2 aromatic carbocycles. The lowest BCUT2D eigenvalue weighted by Crippen LogP contribution is -2.43. The summed E-state index contributed by atoms with van der Waals surface area (Å²) in [6.07, 6.45) is 1.17. The number of benzene rings is 2. The Balaban J connectivity index is 1.61. The molecule has 0 unspecified atom stereocenters. The monoisotopic (exact) mass is 422 g/mol. The molecule has 1 saturated heterocycles. The van der Waals surface area contributed by atoms with Gasteiger partial charge in [-0.2, -0.15) is 0 Å². The number of carbonyl (C=O) groups is 1. The molecule has 1 N–H and O–H groups in total. The SMILES string of the molecule is C[C@@H]1C[C@H](C)CN(C(=O)CSc2nnc(-c3ccccc3O)n2-c2ccccc2)C1. The highest BCUT2D eigenvalue weighted by molar-refractivity contribution is 7.99. The Hall–Kier alpha value is -2.80. The van der Waals surface area contributed by atoms with E-state index in [0.29, 0.717) is 34.1 Å². The van der Waals surface area contributed by atoms with Gasteiger partial charge in [-0.15, -0.1) is 10.2 Å². The van der Waals surface area contributed by atoms with Crippen LogP contribution < -0.4 is 0 Å². The van der Waals surface area contributed by atoms with Crippen LogP contribution in [0.1, 0.15) is 20.3 Å². The maximum absolute atomic E-state index is 12.8. The van der Waals surface area contributed by atoms with Crippen molar-refractivity contribution in [2.24, 2.45) is 11.8 Å². The van der Waals surface area contributed by atoms with Crippen molar-refractivity contribution in [3.05, 3.63) is 54.6 Å². The molecule has 0 aliphatic carbocycles. The predicted octanol–water partition coefficient (Wildman–Crippen LogP) is 4.24. The van der Waals surface area contributed by atoms with Crippen LogP contribution in [0, 0.1) is 11.8 Å². The third kappa shape index (κ3) is 4.36. The maximum Gasteiger partial charge on any atom is 0.233 e. The van der Waals surface area contributed by atoms with Crippen molar-refractivity contribution in [1.82, 2.24) is 19.7 Å². The molecule has 1 aliphatic rings. The van der Waals surface area contributed by atoms with Crippen LogP contribution in [0.2, 0.25) is 0 Å². The number of aromatic hydroxyl groups is 1. The molecule has 1 amide bonds. The number of aromatic nitrogens is 3. The highest BCUT2D eigenvalue weighted by atomic mass is 32.2. The van der Waals surface area contributed by atoms with Gasteiger partial charge in [-0.05, 0) is 42.5 Å². The van der Waals surface area contributed by atoms with Gasteiger partial charge in [0.1, 0.15) is 5.75 Å². The van der Waals surface area contributed by atoms with Gasteiger partial charge in [0.15, 0.2) is 11.0 Å². The van der Waals surface area contributed by atoms with Crippen LogP contribution in [-0.2, 0) is 4.79 Å². The van der Waals surface area contributed by atoms with E-state index in [1.54, 1.807) is 12.1 Å². The molecule has 1 aromatic heterocycles. The van der Waals surface area contributed by atoms with Crippen LogP contribution >= 0.6 is 11.8 Å². The third-order valence-corrected chi connectivity index (χ3v) is 6.25. The summed E-state index contributed by atoms with van der Waals surface area (Å²) in [4.78, 5) is 14.8. The summed E-state index contributed by atoms with van der Waals surface area (Å²) in [6, 6.07) is 16.8.